The van der Waals surface area contributed by atoms with E-state index >= 15 is 0 Å². The molecule has 2 heterocycles. The van der Waals surface area contributed by atoms with Gasteiger partial charge in [-0.25, -0.2) is 4.98 Å². The maximum absolute atomic E-state index is 5.96. The Morgan fingerprint density at radius 3 is 2.55 bits per heavy atom. The first kappa shape index (κ1) is 16.2. The van der Waals surface area contributed by atoms with E-state index in [1.165, 1.54) is 5.56 Å². The molecule has 1 aromatic carbocycles. The molecule has 0 saturated carbocycles. The molecule has 0 N–H and O–H groups in total. The zero-order valence-corrected chi connectivity index (χ0v) is 14.9. The molecule has 22 heavy (non-hydrogen) atoms. The topological polar surface area (TPSA) is 25.4 Å². The maximum atomic E-state index is 5.96. The summed E-state index contributed by atoms with van der Waals surface area (Å²) in [6.45, 7) is 3.25. The Balaban J connectivity index is 1.69. The Morgan fingerprint density at radius 1 is 1.18 bits per heavy atom. The summed E-state index contributed by atoms with van der Waals surface area (Å²) >= 11 is 15.4. The molecule has 0 aliphatic carbocycles. The molecule has 2 aromatic rings. The lowest BCUT2D eigenvalue weighted by atomic mass is 10.1. The number of nitrogens with zero attached hydrogens (tertiary/aromatic N) is 2. The second-order valence-electron chi connectivity index (χ2n) is 5.27. The highest BCUT2D eigenvalue weighted by Crippen LogP contribution is 2.25. The summed E-state index contributed by atoms with van der Waals surface area (Å²) in [5, 5.41) is 0.862. The molecule has 3 nitrogen and oxygen atoms in total. The highest BCUT2D eigenvalue weighted by Gasteiger charge is 2.22. The van der Waals surface area contributed by atoms with E-state index in [2.05, 4.69) is 37.9 Å². The van der Waals surface area contributed by atoms with E-state index in [4.69, 9.17) is 27.9 Å². The number of halogens is 3. The van der Waals surface area contributed by atoms with E-state index in [1.54, 1.807) is 0 Å². The standard InChI is InChI=1S/C16H15BrCl2N2O/c17-13-3-1-12(2-4-13)14-10-21(5-6-22-14)9-11-7-15(18)20-16(19)8-11/h1-4,7-8,14H,5-6,9-10H2. The van der Waals surface area contributed by atoms with Crippen molar-refractivity contribution in [2.24, 2.45) is 0 Å². The summed E-state index contributed by atoms with van der Waals surface area (Å²) in [4.78, 5) is 6.33. The van der Waals surface area contributed by atoms with Crippen molar-refractivity contribution < 1.29 is 4.74 Å². The van der Waals surface area contributed by atoms with Crippen molar-refractivity contribution in [1.29, 1.82) is 0 Å². The second-order valence-corrected chi connectivity index (χ2v) is 6.96. The van der Waals surface area contributed by atoms with Crippen molar-refractivity contribution in [3.05, 3.63) is 62.3 Å². The van der Waals surface area contributed by atoms with Crippen LogP contribution in [-0.2, 0) is 11.3 Å². The van der Waals surface area contributed by atoms with Gasteiger partial charge in [0, 0.05) is 24.1 Å². The highest BCUT2D eigenvalue weighted by atomic mass is 79.9. The number of pyridine rings is 1. The van der Waals surface area contributed by atoms with E-state index in [0.717, 1.165) is 29.7 Å². The number of morpholine rings is 1. The van der Waals surface area contributed by atoms with Gasteiger partial charge < -0.3 is 4.74 Å². The van der Waals surface area contributed by atoms with Gasteiger partial charge in [-0.15, -0.1) is 0 Å². The third-order valence-corrected chi connectivity index (χ3v) is 4.54. The van der Waals surface area contributed by atoms with Crippen molar-refractivity contribution in [3.63, 3.8) is 0 Å². The summed E-state index contributed by atoms with van der Waals surface area (Å²) in [5.41, 5.74) is 2.26. The number of hydrogen-bond acceptors (Lipinski definition) is 3. The average Bonchev–Trinajstić information content (AvgIpc) is 2.47. The van der Waals surface area contributed by atoms with E-state index in [1.807, 2.05) is 24.3 Å². The second kappa shape index (κ2) is 7.28. The van der Waals surface area contributed by atoms with Crippen LogP contribution in [0, 0.1) is 0 Å². The van der Waals surface area contributed by atoms with E-state index < -0.39 is 0 Å². The zero-order chi connectivity index (χ0) is 15.5. The molecule has 1 saturated heterocycles. The first-order chi connectivity index (χ1) is 10.6. The van der Waals surface area contributed by atoms with E-state index in [0.29, 0.717) is 16.9 Å². The molecule has 1 atom stereocenters. The molecule has 1 unspecified atom stereocenters. The highest BCUT2D eigenvalue weighted by molar-refractivity contribution is 9.10. The van der Waals surface area contributed by atoms with Gasteiger partial charge in [-0.05, 0) is 35.4 Å². The number of rotatable bonds is 3. The van der Waals surface area contributed by atoms with Crippen molar-refractivity contribution in [1.82, 2.24) is 9.88 Å². The molecule has 1 aliphatic rings. The average molecular weight is 402 g/mol. The molecule has 1 fully saturated rings. The maximum Gasteiger partial charge on any atom is 0.131 e. The molecule has 0 radical (unpaired) electrons. The largest absolute Gasteiger partial charge is 0.371 e. The van der Waals surface area contributed by atoms with Crippen LogP contribution in [0.2, 0.25) is 10.3 Å². The first-order valence-corrected chi connectivity index (χ1v) is 8.56. The fourth-order valence-corrected chi connectivity index (χ4v) is 3.36. The minimum Gasteiger partial charge on any atom is -0.371 e. The number of hydrogen-bond donors (Lipinski definition) is 0. The fourth-order valence-electron chi connectivity index (χ4n) is 2.59. The molecular weight excluding hydrogens is 387 g/mol. The Bertz CT molecular complexity index is 631. The predicted octanol–water partition coefficient (Wildman–Crippen LogP) is 4.72. The van der Waals surface area contributed by atoms with E-state index in [9.17, 15) is 0 Å². The minimum absolute atomic E-state index is 0.0923. The predicted molar refractivity (Wildman–Crippen MR) is 92.4 cm³/mol. The Kier molecular flexibility index (Phi) is 5.37. The quantitative estimate of drug-likeness (QED) is 0.695. The lowest BCUT2D eigenvalue weighted by molar-refractivity contribution is -0.0329. The Hall–Kier alpha value is -0.650. The molecule has 1 aromatic heterocycles. The molecule has 0 bridgehead atoms. The van der Waals surface area contributed by atoms with Gasteiger partial charge in [0.2, 0.25) is 0 Å². The van der Waals surface area contributed by atoms with Crippen molar-refractivity contribution in [2.75, 3.05) is 19.7 Å². The van der Waals surface area contributed by atoms with Gasteiger partial charge in [-0.3, -0.25) is 4.90 Å². The molecule has 116 valence electrons. The Morgan fingerprint density at radius 2 is 1.86 bits per heavy atom. The third-order valence-electron chi connectivity index (χ3n) is 3.62. The van der Waals surface area contributed by atoms with Crippen LogP contribution in [0.3, 0.4) is 0 Å². The van der Waals surface area contributed by atoms with Gasteiger partial charge in [0.15, 0.2) is 0 Å². The normalized spacial score (nSPS) is 19.3. The summed E-state index contributed by atoms with van der Waals surface area (Å²) < 4.78 is 6.97. The fraction of sp³-hybridized carbons (Fsp3) is 0.312. The van der Waals surface area contributed by atoms with E-state index in [-0.39, 0.29) is 6.10 Å². The lowest BCUT2D eigenvalue weighted by Gasteiger charge is -2.33. The van der Waals surface area contributed by atoms with Crippen LogP contribution < -0.4 is 0 Å². The van der Waals surface area contributed by atoms with Crippen LogP contribution in [0.5, 0.6) is 0 Å². The monoisotopic (exact) mass is 400 g/mol. The van der Waals surface area contributed by atoms with Gasteiger partial charge in [-0.2, -0.15) is 0 Å². The summed E-state index contributed by atoms with van der Waals surface area (Å²) in [6.07, 6.45) is 0.0923. The van der Waals surface area contributed by atoms with Gasteiger partial charge in [0.1, 0.15) is 10.3 Å². The molecule has 0 amide bonds. The van der Waals surface area contributed by atoms with Crippen LogP contribution in [0.15, 0.2) is 40.9 Å². The molecule has 3 rings (SSSR count). The van der Waals surface area contributed by atoms with Crippen LogP contribution in [0.4, 0.5) is 0 Å². The van der Waals surface area contributed by atoms with Crippen LogP contribution in [-0.4, -0.2) is 29.6 Å². The van der Waals surface area contributed by atoms with Gasteiger partial charge >= 0.3 is 0 Å². The summed E-state index contributed by atoms with van der Waals surface area (Å²) in [7, 11) is 0. The van der Waals surface area contributed by atoms with Gasteiger partial charge in [0.05, 0.1) is 12.7 Å². The molecule has 0 spiro atoms. The smallest absolute Gasteiger partial charge is 0.131 e. The minimum atomic E-state index is 0.0923. The number of benzene rings is 1. The van der Waals surface area contributed by atoms with Crippen LogP contribution in [0.25, 0.3) is 0 Å². The summed E-state index contributed by atoms with van der Waals surface area (Å²) in [5.74, 6) is 0. The lowest BCUT2D eigenvalue weighted by Crippen LogP contribution is -2.37. The molecule has 6 heteroatoms. The first-order valence-electron chi connectivity index (χ1n) is 7.01. The van der Waals surface area contributed by atoms with Crippen LogP contribution in [0.1, 0.15) is 17.2 Å². The van der Waals surface area contributed by atoms with Gasteiger partial charge in [-0.1, -0.05) is 51.3 Å². The van der Waals surface area contributed by atoms with Gasteiger partial charge in [0.25, 0.3) is 0 Å². The number of aromatic nitrogens is 1. The SMILES string of the molecule is Clc1cc(CN2CCOC(c3ccc(Br)cc3)C2)cc(Cl)n1. The van der Waals surface area contributed by atoms with Crippen molar-refractivity contribution >= 4 is 39.1 Å². The summed E-state index contributed by atoms with van der Waals surface area (Å²) in [6, 6.07) is 12.0. The Labute approximate surface area is 148 Å². The van der Waals surface area contributed by atoms with Crippen LogP contribution >= 0.6 is 39.1 Å². The zero-order valence-electron chi connectivity index (χ0n) is 11.8. The van der Waals surface area contributed by atoms with Crippen molar-refractivity contribution in [3.8, 4) is 0 Å². The number of ether oxygens (including phenoxy) is 1. The third kappa shape index (κ3) is 4.21. The molecular formula is C16H15BrCl2N2O. The van der Waals surface area contributed by atoms with Crippen molar-refractivity contribution in [2.45, 2.75) is 12.6 Å². The molecule has 1 aliphatic heterocycles.